The third kappa shape index (κ3) is 3.06. The number of likely N-dealkylation sites (N-methyl/N-ethyl adjacent to an activating group) is 1. The molecule has 16 heavy (non-hydrogen) atoms. The minimum atomic E-state index is 0.176. The molecule has 2 atom stereocenters. The second kappa shape index (κ2) is 6.02. The van der Waals surface area contributed by atoms with Gasteiger partial charge in [-0.1, -0.05) is 38.1 Å². The first kappa shape index (κ1) is 13.2. The highest BCUT2D eigenvalue weighted by atomic mass is 16.5. The number of benzene rings is 1. The van der Waals surface area contributed by atoms with Gasteiger partial charge in [-0.2, -0.15) is 0 Å². The van der Waals surface area contributed by atoms with E-state index in [9.17, 15) is 0 Å². The third-order valence-electron chi connectivity index (χ3n) is 3.11. The summed E-state index contributed by atoms with van der Waals surface area (Å²) in [5.74, 6) is 0.585. The molecular weight excluding hydrogens is 198 g/mol. The molecule has 0 aromatic heterocycles. The Bertz CT molecular complexity index is 305. The van der Waals surface area contributed by atoms with Gasteiger partial charge in [-0.3, -0.25) is 0 Å². The van der Waals surface area contributed by atoms with Crippen molar-refractivity contribution >= 4 is 0 Å². The van der Waals surface area contributed by atoms with Crippen molar-refractivity contribution < 1.29 is 4.74 Å². The molecular formula is C14H23NO. The van der Waals surface area contributed by atoms with E-state index < -0.39 is 0 Å². The van der Waals surface area contributed by atoms with Crippen molar-refractivity contribution in [3.8, 4) is 0 Å². The molecule has 90 valence electrons. The molecule has 0 aliphatic heterocycles. The lowest BCUT2D eigenvalue weighted by Gasteiger charge is -2.23. The Labute approximate surface area is 99.0 Å². The summed E-state index contributed by atoms with van der Waals surface area (Å²) in [5, 5.41) is 3.29. The van der Waals surface area contributed by atoms with Crippen molar-refractivity contribution in [2.45, 2.75) is 38.8 Å². The van der Waals surface area contributed by atoms with Gasteiger partial charge in [0.1, 0.15) is 0 Å². The Morgan fingerprint density at radius 2 is 1.50 bits per heavy atom. The molecule has 0 heterocycles. The van der Waals surface area contributed by atoms with E-state index in [0.717, 1.165) is 0 Å². The number of rotatable bonds is 5. The smallest absolute Gasteiger partial charge is 0.0737 e. The topological polar surface area (TPSA) is 21.3 Å². The van der Waals surface area contributed by atoms with Crippen molar-refractivity contribution in [1.82, 2.24) is 5.32 Å². The molecule has 0 radical (unpaired) electrons. The van der Waals surface area contributed by atoms with Gasteiger partial charge in [0.15, 0.2) is 0 Å². The van der Waals surface area contributed by atoms with Crippen LogP contribution in [0.25, 0.3) is 0 Å². The lowest BCUT2D eigenvalue weighted by molar-refractivity contribution is 0.0857. The van der Waals surface area contributed by atoms with Gasteiger partial charge in [0.05, 0.1) is 12.1 Å². The summed E-state index contributed by atoms with van der Waals surface area (Å²) < 4.78 is 5.37. The van der Waals surface area contributed by atoms with Crippen LogP contribution in [0.4, 0.5) is 0 Å². The predicted octanol–water partition coefficient (Wildman–Crippen LogP) is 3.11. The Balaban J connectivity index is 2.86. The zero-order valence-electron chi connectivity index (χ0n) is 10.9. The number of hydrogen-bond donors (Lipinski definition) is 1. The summed E-state index contributed by atoms with van der Waals surface area (Å²) in [5.41, 5.74) is 2.66. The number of nitrogens with one attached hydrogen (secondary N) is 1. The standard InChI is InChI=1S/C14H23NO/c1-10(2)12-6-8-13(9-7-12)14(15-4)11(3)16-5/h6-11,14-15H,1-5H3. The molecule has 0 aliphatic carbocycles. The van der Waals surface area contributed by atoms with Crippen molar-refractivity contribution in [3.05, 3.63) is 35.4 Å². The molecule has 1 aromatic carbocycles. The zero-order chi connectivity index (χ0) is 12.1. The maximum atomic E-state index is 5.37. The Kier molecular flexibility index (Phi) is 4.97. The van der Waals surface area contributed by atoms with Crippen LogP contribution >= 0.6 is 0 Å². The van der Waals surface area contributed by atoms with E-state index >= 15 is 0 Å². The van der Waals surface area contributed by atoms with Crippen LogP contribution in [0.5, 0.6) is 0 Å². The van der Waals surface area contributed by atoms with Crippen LogP contribution in [0.3, 0.4) is 0 Å². The summed E-state index contributed by atoms with van der Waals surface area (Å²) >= 11 is 0. The zero-order valence-corrected chi connectivity index (χ0v) is 10.9. The summed E-state index contributed by atoms with van der Waals surface area (Å²) in [6.45, 7) is 6.50. The Morgan fingerprint density at radius 1 is 1.00 bits per heavy atom. The number of hydrogen-bond acceptors (Lipinski definition) is 2. The Hall–Kier alpha value is -0.860. The fourth-order valence-corrected chi connectivity index (χ4v) is 1.90. The van der Waals surface area contributed by atoms with Gasteiger partial charge in [-0.05, 0) is 31.0 Å². The monoisotopic (exact) mass is 221 g/mol. The van der Waals surface area contributed by atoms with Crippen LogP contribution in [0.2, 0.25) is 0 Å². The molecule has 0 fully saturated rings. The van der Waals surface area contributed by atoms with Crippen LogP contribution in [-0.2, 0) is 4.74 Å². The first-order chi connectivity index (χ1) is 7.60. The molecule has 2 nitrogen and oxygen atoms in total. The average Bonchev–Trinajstić information content (AvgIpc) is 2.30. The van der Waals surface area contributed by atoms with Crippen LogP contribution in [0, 0.1) is 0 Å². The number of methoxy groups -OCH3 is 1. The molecule has 1 aromatic rings. The summed E-state index contributed by atoms with van der Waals surface area (Å²) in [4.78, 5) is 0. The molecule has 0 amide bonds. The molecule has 1 N–H and O–H groups in total. The number of ether oxygens (including phenoxy) is 1. The average molecular weight is 221 g/mol. The molecule has 2 heteroatoms. The summed E-state index contributed by atoms with van der Waals surface area (Å²) in [6, 6.07) is 9.03. The quantitative estimate of drug-likeness (QED) is 0.825. The largest absolute Gasteiger partial charge is 0.380 e. The van der Waals surface area contributed by atoms with Gasteiger partial charge in [0.2, 0.25) is 0 Å². The van der Waals surface area contributed by atoms with Crippen molar-refractivity contribution in [2.75, 3.05) is 14.2 Å². The van der Waals surface area contributed by atoms with E-state index in [1.54, 1.807) is 7.11 Å². The lowest BCUT2D eigenvalue weighted by Crippen LogP contribution is -2.28. The second-order valence-electron chi connectivity index (χ2n) is 4.53. The fraction of sp³-hybridized carbons (Fsp3) is 0.571. The molecule has 1 rings (SSSR count). The van der Waals surface area contributed by atoms with Gasteiger partial charge in [0, 0.05) is 7.11 Å². The predicted molar refractivity (Wildman–Crippen MR) is 68.8 cm³/mol. The highest BCUT2D eigenvalue weighted by Crippen LogP contribution is 2.21. The summed E-state index contributed by atoms with van der Waals surface area (Å²) in [6.07, 6.45) is 0.176. The van der Waals surface area contributed by atoms with E-state index in [-0.39, 0.29) is 12.1 Å². The van der Waals surface area contributed by atoms with E-state index in [2.05, 4.69) is 50.4 Å². The normalized spacial score (nSPS) is 15.1. The van der Waals surface area contributed by atoms with Crippen LogP contribution in [-0.4, -0.2) is 20.3 Å². The van der Waals surface area contributed by atoms with E-state index in [4.69, 9.17) is 4.74 Å². The van der Waals surface area contributed by atoms with Crippen molar-refractivity contribution in [1.29, 1.82) is 0 Å². The first-order valence-electron chi connectivity index (χ1n) is 5.90. The molecule has 0 saturated carbocycles. The highest BCUT2D eigenvalue weighted by molar-refractivity contribution is 5.27. The van der Waals surface area contributed by atoms with Crippen molar-refractivity contribution in [2.24, 2.45) is 0 Å². The first-order valence-corrected chi connectivity index (χ1v) is 5.90. The highest BCUT2D eigenvalue weighted by Gasteiger charge is 2.16. The summed E-state index contributed by atoms with van der Waals surface area (Å²) in [7, 11) is 3.72. The second-order valence-corrected chi connectivity index (χ2v) is 4.53. The van der Waals surface area contributed by atoms with Gasteiger partial charge < -0.3 is 10.1 Å². The van der Waals surface area contributed by atoms with Gasteiger partial charge in [0.25, 0.3) is 0 Å². The maximum absolute atomic E-state index is 5.37. The van der Waals surface area contributed by atoms with Crippen molar-refractivity contribution in [3.63, 3.8) is 0 Å². The lowest BCUT2D eigenvalue weighted by atomic mass is 9.97. The van der Waals surface area contributed by atoms with Gasteiger partial charge in [-0.15, -0.1) is 0 Å². The van der Waals surface area contributed by atoms with E-state index in [1.807, 2.05) is 7.05 Å². The van der Waals surface area contributed by atoms with Crippen LogP contribution < -0.4 is 5.32 Å². The molecule has 0 bridgehead atoms. The minimum Gasteiger partial charge on any atom is -0.380 e. The van der Waals surface area contributed by atoms with Gasteiger partial charge >= 0.3 is 0 Å². The van der Waals surface area contributed by atoms with Crippen LogP contribution in [0.15, 0.2) is 24.3 Å². The third-order valence-corrected chi connectivity index (χ3v) is 3.11. The molecule has 0 spiro atoms. The fourth-order valence-electron chi connectivity index (χ4n) is 1.90. The molecule has 0 saturated heterocycles. The maximum Gasteiger partial charge on any atom is 0.0737 e. The SMILES string of the molecule is CNC(c1ccc(C(C)C)cc1)C(C)OC. The van der Waals surface area contributed by atoms with Crippen LogP contribution in [0.1, 0.15) is 43.9 Å². The minimum absolute atomic E-state index is 0.176. The molecule has 2 unspecified atom stereocenters. The van der Waals surface area contributed by atoms with E-state index in [1.165, 1.54) is 11.1 Å². The van der Waals surface area contributed by atoms with E-state index in [0.29, 0.717) is 5.92 Å². The molecule has 0 aliphatic rings. The Morgan fingerprint density at radius 3 is 1.88 bits per heavy atom. The van der Waals surface area contributed by atoms with Gasteiger partial charge in [-0.25, -0.2) is 0 Å².